The van der Waals surface area contributed by atoms with Crippen molar-refractivity contribution >= 4 is 16.9 Å². The molecule has 5 heteroatoms. The number of nitrogens with zero attached hydrogens (tertiary/aromatic N) is 1. The topological polar surface area (TPSA) is 71.7 Å². The Bertz CT molecular complexity index is 590. The van der Waals surface area contributed by atoms with E-state index in [1.165, 1.54) is 0 Å². The van der Waals surface area contributed by atoms with Gasteiger partial charge in [-0.05, 0) is 13.0 Å². The molecule has 0 saturated heterocycles. The molecule has 102 valence electrons. The average molecular weight is 263 g/mol. The van der Waals surface area contributed by atoms with Crippen molar-refractivity contribution in [3.63, 3.8) is 0 Å². The van der Waals surface area contributed by atoms with Gasteiger partial charge in [-0.2, -0.15) is 0 Å². The fourth-order valence-electron chi connectivity index (χ4n) is 2.14. The second kappa shape index (κ2) is 5.42. The quantitative estimate of drug-likeness (QED) is 0.811. The minimum atomic E-state index is -1.58. The minimum absolute atomic E-state index is 0.165. The molecule has 1 aromatic carbocycles. The molecule has 2 unspecified atom stereocenters. The first-order valence-electron chi connectivity index (χ1n) is 6.13. The van der Waals surface area contributed by atoms with Crippen LogP contribution in [0.3, 0.4) is 0 Å². The van der Waals surface area contributed by atoms with Gasteiger partial charge in [-0.15, -0.1) is 0 Å². The first-order chi connectivity index (χ1) is 9.06. The SMILES string of the molecule is CCOC(=O)C(O)C(O)c1cn(C)c2ccccc12. The van der Waals surface area contributed by atoms with Crippen LogP contribution < -0.4 is 0 Å². The maximum absolute atomic E-state index is 11.5. The Morgan fingerprint density at radius 3 is 2.74 bits per heavy atom. The number of hydrogen-bond acceptors (Lipinski definition) is 4. The molecule has 5 nitrogen and oxygen atoms in total. The van der Waals surface area contributed by atoms with Gasteiger partial charge in [0.1, 0.15) is 6.10 Å². The summed E-state index contributed by atoms with van der Waals surface area (Å²) in [5.74, 6) is -0.817. The number of aliphatic hydroxyl groups is 2. The summed E-state index contributed by atoms with van der Waals surface area (Å²) < 4.78 is 6.55. The summed E-state index contributed by atoms with van der Waals surface area (Å²) in [6.07, 6.45) is -1.17. The molecule has 0 fully saturated rings. The third kappa shape index (κ3) is 2.47. The maximum Gasteiger partial charge on any atom is 0.338 e. The molecule has 0 spiro atoms. The Morgan fingerprint density at radius 2 is 2.05 bits per heavy atom. The van der Waals surface area contributed by atoms with Crippen molar-refractivity contribution in [1.82, 2.24) is 4.57 Å². The highest BCUT2D eigenvalue weighted by Gasteiger charge is 2.29. The van der Waals surface area contributed by atoms with E-state index in [9.17, 15) is 15.0 Å². The van der Waals surface area contributed by atoms with E-state index < -0.39 is 18.2 Å². The predicted molar refractivity (Wildman–Crippen MR) is 70.5 cm³/mol. The molecule has 0 aliphatic heterocycles. The molecule has 0 bridgehead atoms. The molecule has 0 radical (unpaired) electrons. The van der Waals surface area contributed by atoms with Crippen LogP contribution >= 0.6 is 0 Å². The number of hydrogen-bond donors (Lipinski definition) is 2. The van der Waals surface area contributed by atoms with Crippen molar-refractivity contribution in [3.8, 4) is 0 Å². The fraction of sp³-hybridized carbons (Fsp3) is 0.357. The van der Waals surface area contributed by atoms with E-state index in [1.807, 2.05) is 35.9 Å². The van der Waals surface area contributed by atoms with Crippen LogP contribution in [-0.2, 0) is 16.6 Å². The molecule has 2 aromatic rings. The number of fused-ring (bicyclic) bond motifs is 1. The van der Waals surface area contributed by atoms with Gasteiger partial charge in [0, 0.05) is 29.7 Å². The Labute approximate surface area is 111 Å². The second-order valence-electron chi connectivity index (χ2n) is 4.35. The number of aliphatic hydroxyl groups excluding tert-OH is 2. The first kappa shape index (κ1) is 13.6. The second-order valence-corrected chi connectivity index (χ2v) is 4.35. The van der Waals surface area contributed by atoms with Gasteiger partial charge < -0.3 is 19.5 Å². The smallest absolute Gasteiger partial charge is 0.338 e. The molecule has 1 heterocycles. The molecule has 0 aliphatic rings. The zero-order chi connectivity index (χ0) is 14.0. The molecular formula is C14H17NO4. The van der Waals surface area contributed by atoms with Gasteiger partial charge in [-0.1, -0.05) is 18.2 Å². The number of esters is 1. The summed E-state index contributed by atoms with van der Waals surface area (Å²) in [5, 5.41) is 20.7. The Kier molecular flexibility index (Phi) is 3.87. The number of para-hydroxylation sites is 1. The van der Waals surface area contributed by atoms with E-state index in [1.54, 1.807) is 13.1 Å². The summed E-state index contributed by atoms with van der Waals surface area (Å²) in [6.45, 7) is 1.81. The lowest BCUT2D eigenvalue weighted by molar-refractivity contribution is -0.159. The van der Waals surface area contributed by atoms with Gasteiger partial charge >= 0.3 is 5.97 Å². The van der Waals surface area contributed by atoms with Gasteiger partial charge in [0.05, 0.1) is 6.61 Å². The Balaban J connectivity index is 2.36. The van der Waals surface area contributed by atoms with Crippen molar-refractivity contribution in [1.29, 1.82) is 0 Å². The summed E-state index contributed by atoms with van der Waals surface area (Å²) in [7, 11) is 1.84. The van der Waals surface area contributed by atoms with Crippen LogP contribution in [0.2, 0.25) is 0 Å². The van der Waals surface area contributed by atoms with E-state index in [4.69, 9.17) is 4.74 Å². The Morgan fingerprint density at radius 1 is 1.37 bits per heavy atom. The first-order valence-corrected chi connectivity index (χ1v) is 6.13. The van der Waals surface area contributed by atoms with Crippen molar-refractivity contribution in [2.24, 2.45) is 7.05 Å². The van der Waals surface area contributed by atoms with E-state index in [0.29, 0.717) is 5.56 Å². The van der Waals surface area contributed by atoms with Crippen LogP contribution in [0.15, 0.2) is 30.5 Å². The monoisotopic (exact) mass is 263 g/mol. The number of carbonyl (C=O) groups excluding carboxylic acids is 1. The predicted octanol–water partition coefficient (Wildman–Crippen LogP) is 1.14. The zero-order valence-corrected chi connectivity index (χ0v) is 10.9. The van der Waals surface area contributed by atoms with Crippen molar-refractivity contribution in [3.05, 3.63) is 36.0 Å². The lowest BCUT2D eigenvalue weighted by Gasteiger charge is -2.15. The summed E-state index contributed by atoms with van der Waals surface area (Å²) in [5.41, 5.74) is 1.44. The fourth-order valence-corrected chi connectivity index (χ4v) is 2.14. The Hall–Kier alpha value is -1.85. The molecule has 0 saturated carbocycles. The lowest BCUT2D eigenvalue weighted by atomic mass is 10.0. The maximum atomic E-state index is 11.5. The van der Waals surface area contributed by atoms with Gasteiger partial charge in [-0.3, -0.25) is 0 Å². The van der Waals surface area contributed by atoms with Crippen LogP contribution in [0, 0.1) is 0 Å². The summed E-state index contributed by atoms with van der Waals surface area (Å²) in [6, 6.07) is 7.48. The molecule has 2 atom stereocenters. The molecule has 0 aliphatic carbocycles. The molecule has 19 heavy (non-hydrogen) atoms. The number of ether oxygens (including phenoxy) is 1. The largest absolute Gasteiger partial charge is 0.464 e. The van der Waals surface area contributed by atoms with Crippen molar-refractivity contribution in [2.45, 2.75) is 19.1 Å². The molecule has 2 N–H and O–H groups in total. The third-order valence-corrected chi connectivity index (χ3v) is 3.07. The van der Waals surface area contributed by atoms with Crippen LogP contribution in [0.25, 0.3) is 10.9 Å². The van der Waals surface area contributed by atoms with E-state index in [-0.39, 0.29) is 6.61 Å². The van der Waals surface area contributed by atoms with Gasteiger partial charge in [0.25, 0.3) is 0 Å². The van der Waals surface area contributed by atoms with E-state index >= 15 is 0 Å². The standard InChI is InChI=1S/C14H17NO4/c1-3-19-14(18)13(17)12(16)10-8-15(2)11-7-5-4-6-9(10)11/h4-8,12-13,16-17H,3H2,1-2H3. The molecule has 0 amide bonds. The molecular weight excluding hydrogens is 246 g/mol. The number of aromatic nitrogens is 1. The number of carbonyl (C=O) groups is 1. The highest BCUT2D eigenvalue weighted by Crippen LogP contribution is 2.28. The number of benzene rings is 1. The average Bonchev–Trinajstić information content (AvgIpc) is 2.75. The van der Waals surface area contributed by atoms with Gasteiger partial charge in [-0.25, -0.2) is 4.79 Å². The number of rotatable bonds is 4. The number of aryl methyl sites for hydroxylation is 1. The van der Waals surface area contributed by atoms with Crippen molar-refractivity contribution < 1.29 is 19.7 Å². The highest BCUT2D eigenvalue weighted by molar-refractivity contribution is 5.85. The van der Waals surface area contributed by atoms with Crippen LogP contribution in [0.1, 0.15) is 18.6 Å². The van der Waals surface area contributed by atoms with Crippen molar-refractivity contribution in [2.75, 3.05) is 6.61 Å². The van der Waals surface area contributed by atoms with Crippen LogP contribution in [-0.4, -0.2) is 33.5 Å². The summed E-state index contributed by atoms with van der Waals surface area (Å²) >= 11 is 0. The van der Waals surface area contributed by atoms with E-state index in [2.05, 4.69) is 0 Å². The zero-order valence-electron chi connectivity index (χ0n) is 10.9. The summed E-state index contributed by atoms with van der Waals surface area (Å²) in [4.78, 5) is 11.5. The van der Waals surface area contributed by atoms with E-state index in [0.717, 1.165) is 10.9 Å². The lowest BCUT2D eigenvalue weighted by Crippen LogP contribution is -2.29. The van der Waals surface area contributed by atoms with Crippen LogP contribution in [0.5, 0.6) is 0 Å². The third-order valence-electron chi connectivity index (χ3n) is 3.07. The minimum Gasteiger partial charge on any atom is -0.464 e. The molecule has 1 aromatic heterocycles. The van der Waals surface area contributed by atoms with Gasteiger partial charge in [0.15, 0.2) is 6.10 Å². The van der Waals surface area contributed by atoms with Gasteiger partial charge in [0.2, 0.25) is 0 Å². The highest BCUT2D eigenvalue weighted by atomic mass is 16.5. The molecule has 2 rings (SSSR count). The van der Waals surface area contributed by atoms with Crippen LogP contribution in [0.4, 0.5) is 0 Å². The normalized spacial score (nSPS) is 14.3.